The highest BCUT2D eigenvalue weighted by Gasteiger charge is 2.30. The van der Waals surface area contributed by atoms with Gasteiger partial charge in [-0.15, -0.1) is 0 Å². The Hall–Kier alpha value is -3.23. The molecular formula is C25H29N3O5. The number of benzene rings is 2. The van der Waals surface area contributed by atoms with E-state index in [1.54, 1.807) is 0 Å². The Morgan fingerprint density at radius 3 is 2.55 bits per heavy atom. The van der Waals surface area contributed by atoms with E-state index in [-0.39, 0.29) is 25.7 Å². The minimum Gasteiger partial charge on any atom is -0.394 e. The van der Waals surface area contributed by atoms with Crippen molar-refractivity contribution in [1.82, 2.24) is 5.32 Å². The number of carbonyl (C=O) groups excluding carboxylic acids is 3. The van der Waals surface area contributed by atoms with Crippen molar-refractivity contribution in [2.24, 2.45) is 0 Å². The van der Waals surface area contributed by atoms with Gasteiger partial charge in [-0.3, -0.25) is 14.4 Å². The molecule has 3 amide bonds. The number of amides is 3. The fourth-order valence-electron chi connectivity index (χ4n) is 4.43. The summed E-state index contributed by atoms with van der Waals surface area (Å²) in [6, 6.07) is 11.4. The normalized spacial score (nSPS) is 15.6. The second-order valence-corrected chi connectivity index (χ2v) is 8.45. The number of nitrogens with one attached hydrogen (secondary N) is 2. The van der Waals surface area contributed by atoms with Crippen LogP contribution in [0.15, 0.2) is 36.4 Å². The van der Waals surface area contributed by atoms with Gasteiger partial charge in [0.15, 0.2) is 0 Å². The molecule has 2 heterocycles. The fraction of sp³-hybridized carbons (Fsp3) is 0.400. The lowest BCUT2D eigenvalue weighted by Gasteiger charge is -2.35. The molecule has 0 saturated heterocycles. The van der Waals surface area contributed by atoms with E-state index >= 15 is 0 Å². The summed E-state index contributed by atoms with van der Waals surface area (Å²) in [5, 5.41) is 14.4. The van der Waals surface area contributed by atoms with Gasteiger partial charge < -0.3 is 25.4 Å². The zero-order valence-corrected chi connectivity index (χ0v) is 18.7. The molecule has 0 spiro atoms. The van der Waals surface area contributed by atoms with Gasteiger partial charge in [0.25, 0.3) is 0 Å². The van der Waals surface area contributed by atoms with Gasteiger partial charge in [-0.1, -0.05) is 29.8 Å². The first-order valence-electron chi connectivity index (χ1n) is 11.3. The number of rotatable bonds is 7. The molecule has 8 nitrogen and oxygen atoms in total. The lowest BCUT2D eigenvalue weighted by Crippen LogP contribution is -2.40. The summed E-state index contributed by atoms with van der Waals surface area (Å²) in [6.07, 6.45) is 2.32. The number of hydrogen-bond donors (Lipinski definition) is 3. The highest BCUT2D eigenvalue weighted by atomic mass is 16.5. The van der Waals surface area contributed by atoms with Crippen molar-refractivity contribution in [3.63, 3.8) is 0 Å². The van der Waals surface area contributed by atoms with Gasteiger partial charge in [0.1, 0.15) is 0 Å². The van der Waals surface area contributed by atoms with E-state index in [4.69, 9.17) is 9.84 Å². The maximum absolute atomic E-state index is 12.5. The van der Waals surface area contributed by atoms with Gasteiger partial charge in [-0.2, -0.15) is 0 Å². The molecule has 2 aliphatic rings. The number of aryl methyl sites for hydroxylation is 3. The van der Waals surface area contributed by atoms with Crippen LogP contribution >= 0.6 is 0 Å². The Kier molecular flexibility index (Phi) is 7.05. The van der Waals surface area contributed by atoms with Crippen LogP contribution in [0.2, 0.25) is 0 Å². The fourth-order valence-corrected chi connectivity index (χ4v) is 4.43. The van der Waals surface area contributed by atoms with Crippen LogP contribution in [-0.2, 0) is 32.0 Å². The van der Waals surface area contributed by atoms with Gasteiger partial charge in [-0.25, -0.2) is 0 Å². The molecule has 0 fully saturated rings. The Balaban J connectivity index is 1.41. The van der Waals surface area contributed by atoms with Crippen molar-refractivity contribution in [3.05, 3.63) is 58.7 Å². The Bertz CT molecular complexity index is 1030. The molecule has 1 unspecified atom stereocenters. The SMILES string of the molecule is Cc1ccc(C(CNC(=O)C(=O)Nc2cc3c4c(c2)CCC(=O)N4CCC3)OCCO)cc1. The summed E-state index contributed by atoms with van der Waals surface area (Å²) >= 11 is 0. The first-order chi connectivity index (χ1) is 16.0. The quantitative estimate of drug-likeness (QED) is 0.559. The van der Waals surface area contributed by atoms with Crippen LogP contribution in [0.25, 0.3) is 0 Å². The Morgan fingerprint density at radius 1 is 1.09 bits per heavy atom. The maximum Gasteiger partial charge on any atom is 0.313 e. The molecule has 0 aromatic heterocycles. The van der Waals surface area contributed by atoms with E-state index in [9.17, 15) is 14.4 Å². The number of nitrogens with zero attached hydrogens (tertiary/aromatic N) is 1. The number of aliphatic hydroxyl groups is 1. The average Bonchev–Trinajstić information content (AvgIpc) is 2.82. The van der Waals surface area contributed by atoms with E-state index in [1.807, 2.05) is 48.2 Å². The number of ether oxygens (including phenoxy) is 1. The third-order valence-electron chi connectivity index (χ3n) is 6.05. The van der Waals surface area contributed by atoms with Crippen LogP contribution in [0.4, 0.5) is 11.4 Å². The third-order valence-corrected chi connectivity index (χ3v) is 6.05. The standard InChI is InChI=1S/C25H29N3O5/c1-16-4-6-17(7-5-16)21(33-12-11-29)15-26-24(31)25(32)27-20-13-18-3-2-10-28-22(30)9-8-19(14-20)23(18)28/h4-7,13-14,21,29H,2-3,8-12,15H2,1H3,(H,26,31)(H,27,32). The van der Waals surface area contributed by atoms with E-state index in [0.717, 1.165) is 47.3 Å². The van der Waals surface area contributed by atoms with E-state index in [0.29, 0.717) is 18.5 Å². The van der Waals surface area contributed by atoms with Crippen molar-refractivity contribution in [3.8, 4) is 0 Å². The van der Waals surface area contributed by atoms with E-state index < -0.39 is 17.9 Å². The van der Waals surface area contributed by atoms with Gasteiger partial charge in [-0.05, 0) is 55.0 Å². The van der Waals surface area contributed by atoms with Gasteiger partial charge in [0, 0.05) is 25.2 Å². The number of carbonyl (C=O) groups is 3. The van der Waals surface area contributed by atoms with E-state index in [1.165, 1.54) is 0 Å². The third kappa shape index (κ3) is 5.23. The lowest BCUT2D eigenvalue weighted by molar-refractivity contribution is -0.136. The second kappa shape index (κ2) is 10.1. The van der Waals surface area contributed by atoms with Gasteiger partial charge in [0.05, 0.1) is 25.0 Å². The summed E-state index contributed by atoms with van der Waals surface area (Å²) < 4.78 is 5.65. The summed E-state index contributed by atoms with van der Waals surface area (Å²) in [6.45, 7) is 2.79. The van der Waals surface area contributed by atoms with Crippen LogP contribution in [-0.4, -0.2) is 49.1 Å². The molecule has 33 heavy (non-hydrogen) atoms. The Labute approximate surface area is 192 Å². The predicted octanol–water partition coefficient (Wildman–Crippen LogP) is 2.03. The molecule has 2 aromatic carbocycles. The molecular weight excluding hydrogens is 422 g/mol. The van der Waals surface area contributed by atoms with Crippen LogP contribution in [0.1, 0.15) is 41.2 Å². The highest BCUT2D eigenvalue weighted by molar-refractivity contribution is 6.39. The molecule has 174 valence electrons. The van der Waals surface area contributed by atoms with Crippen LogP contribution in [0, 0.1) is 6.92 Å². The largest absolute Gasteiger partial charge is 0.394 e. The van der Waals surface area contributed by atoms with Gasteiger partial charge in [0.2, 0.25) is 5.91 Å². The zero-order valence-electron chi connectivity index (χ0n) is 18.7. The molecule has 0 bridgehead atoms. The predicted molar refractivity (Wildman–Crippen MR) is 124 cm³/mol. The van der Waals surface area contributed by atoms with Crippen molar-refractivity contribution >= 4 is 29.1 Å². The molecule has 2 aliphatic heterocycles. The summed E-state index contributed by atoms with van der Waals surface area (Å²) in [5.41, 5.74) is 5.54. The molecule has 0 radical (unpaired) electrons. The number of aliphatic hydroxyl groups excluding tert-OH is 1. The van der Waals surface area contributed by atoms with Gasteiger partial charge >= 0.3 is 11.8 Å². The number of hydrogen-bond acceptors (Lipinski definition) is 5. The molecule has 8 heteroatoms. The van der Waals surface area contributed by atoms with Crippen molar-refractivity contribution in [2.45, 2.75) is 38.7 Å². The maximum atomic E-state index is 12.5. The van der Waals surface area contributed by atoms with Crippen LogP contribution in [0.3, 0.4) is 0 Å². The molecule has 1 atom stereocenters. The summed E-state index contributed by atoms with van der Waals surface area (Å²) in [7, 11) is 0. The smallest absolute Gasteiger partial charge is 0.313 e. The van der Waals surface area contributed by atoms with Crippen LogP contribution < -0.4 is 15.5 Å². The van der Waals surface area contributed by atoms with Crippen molar-refractivity contribution < 1.29 is 24.2 Å². The molecule has 4 rings (SSSR count). The summed E-state index contributed by atoms with van der Waals surface area (Å²) in [4.78, 5) is 39.1. The van der Waals surface area contributed by atoms with Crippen LogP contribution in [0.5, 0.6) is 0 Å². The summed E-state index contributed by atoms with van der Waals surface area (Å²) in [5.74, 6) is -1.37. The monoisotopic (exact) mass is 451 g/mol. The first-order valence-corrected chi connectivity index (χ1v) is 11.3. The van der Waals surface area contributed by atoms with E-state index in [2.05, 4.69) is 10.6 Å². The lowest BCUT2D eigenvalue weighted by atomic mass is 9.91. The first kappa shape index (κ1) is 22.9. The molecule has 2 aromatic rings. The van der Waals surface area contributed by atoms with Crippen molar-refractivity contribution in [2.75, 3.05) is 36.5 Å². The zero-order chi connectivity index (χ0) is 23.4. The minimum absolute atomic E-state index is 0.0990. The molecule has 3 N–H and O–H groups in total. The molecule has 0 aliphatic carbocycles. The number of anilines is 2. The second-order valence-electron chi connectivity index (χ2n) is 8.45. The highest BCUT2D eigenvalue weighted by Crippen LogP contribution is 2.37. The topological polar surface area (TPSA) is 108 Å². The molecule has 0 saturated carbocycles. The Morgan fingerprint density at radius 2 is 1.82 bits per heavy atom. The average molecular weight is 452 g/mol. The van der Waals surface area contributed by atoms with Crippen molar-refractivity contribution in [1.29, 1.82) is 0 Å². The minimum atomic E-state index is -0.761.